The number of hydrogen-bond donors (Lipinski definition) is 2. The molecule has 2 aromatic rings. The first-order valence-corrected chi connectivity index (χ1v) is 6.88. The fourth-order valence-electron chi connectivity index (χ4n) is 2.09. The highest BCUT2D eigenvalue weighted by Gasteiger charge is 2.15. The second-order valence-corrected chi connectivity index (χ2v) is 5.32. The predicted octanol–water partition coefficient (Wildman–Crippen LogP) is 3.86. The molecule has 0 saturated carbocycles. The van der Waals surface area contributed by atoms with E-state index < -0.39 is 0 Å². The molecule has 0 aliphatic rings. The molecule has 0 aliphatic carbocycles. The molecule has 3 nitrogen and oxygen atoms in total. The third-order valence-corrected chi connectivity index (χ3v) is 3.95. The molecule has 5 heteroatoms. The Morgan fingerprint density at radius 1 is 1.05 bits per heavy atom. The average Bonchev–Trinajstić information content (AvgIpc) is 2.45. The molecule has 1 atom stereocenters. The second kappa shape index (κ2) is 6.46. The van der Waals surface area contributed by atoms with E-state index in [-0.39, 0.29) is 6.04 Å². The number of ether oxygens (including phenoxy) is 1. The van der Waals surface area contributed by atoms with Crippen LogP contribution in [0.25, 0.3) is 0 Å². The summed E-state index contributed by atoms with van der Waals surface area (Å²) >= 11 is 12.0. The average molecular weight is 311 g/mol. The highest BCUT2D eigenvalue weighted by atomic mass is 35.5. The standard InChI is InChI=1S/C15H16Cl2N2O/c1-9-3-4-11(8-14(9)20-2)15(19-18)10-5-6-12(16)13(17)7-10/h3-8,15,19H,18H2,1-2H3. The fraction of sp³-hybridized carbons (Fsp3) is 0.200. The number of benzene rings is 2. The molecule has 0 aliphatic heterocycles. The van der Waals surface area contributed by atoms with Gasteiger partial charge in [-0.25, -0.2) is 5.43 Å². The van der Waals surface area contributed by atoms with Crippen LogP contribution in [0.15, 0.2) is 36.4 Å². The zero-order valence-corrected chi connectivity index (χ0v) is 12.8. The molecule has 0 radical (unpaired) electrons. The summed E-state index contributed by atoms with van der Waals surface area (Å²) in [5, 5.41) is 1.02. The lowest BCUT2D eigenvalue weighted by atomic mass is 9.98. The van der Waals surface area contributed by atoms with Gasteiger partial charge in [-0.15, -0.1) is 0 Å². The molecule has 0 bridgehead atoms. The number of halogens is 2. The van der Waals surface area contributed by atoms with Gasteiger partial charge in [-0.3, -0.25) is 5.84 Å². The summed E-state index contributed by atoms with van der Waals surface area (Å²) in [6.07, 6.45) is 0. The van der Waals surface area contributed by atoms with Gasteiger partial charge in [0, 0.05) is 0 Å². The van der Waals surface area contributed by atoms with Crippen molar-refractivity contribution in [2.24, 2.45) is 5.84 Å². The summed E-state index contributed by atoms with van der Waals surface area (Å²) in [5.41, 5.74) is 5.80. The number of nitrogens with two attached hydrogens (primary N) is 1. The molecular weight excluding hydrogens is 295 g/mol. The Balaban J connectivity index is 2.43. The van der Waals surface area contributed by atoms with Gasteiger partial charge in [0.1, 0.15) is 5.75 Å². The molecule has 0 fully saturated rings. The van der Waals surface area contributed by atoms with Crippen LogP contribution in [-0.2, 0) is 0 Å². The molecule has 0 spiro atoms. The van der Waals surface area contributed by atoms with E-state index in [2.05, 4.69) is 5.43 Å². The largest absolute Gasteiger partial charge is 0.496 e. The number of rotatable bonds is 4. The maximum atomic E-state index is 6.06. The molecule has 0 saturated heterocycles. The summed E-state index contributed by atoms with van der Waals surface area (Å²) in [6, 6.07) is 11.2. The van der Waals surface area contributed by atoms with E-state index in [0.29, 0.717) is 10.0 Å². The first-order chi connectivity index (χ1) is 9.56. The van der Waals surface area contributed by atoms with Crippen LogP contribution in [0, 0.1) is 6.92 Å². The number of hydrazine groups is 1. The zero-order chi connectivity index (χ0) is 14.7. The molecule has 0 aromatic heterocycles. The van der Waals surface area contributed by atoms with Crippen LogP contribution in [-0.4, -0.2) is 7.11 Å². The Morgan fingerprint density at radius 2 is 1.70 bits per heavy atom. The van der Waals surface area contributed by atoms with Gasteiger partial charge in [-0.05, 0) is 41.8 Å². The topological polar surface area (TPSA) is 47.3 Å². The number of aryl methyl sites for hydroxylation is 1. The lowest BCUT2D eigenvalue weighted by Crippen LogP contribution is -2.28. The molecular formula is C15H16Cl2N2O. The minimum Gasteiger partial charge on any atom is -0.496 e. The van der Waals surface area contributed by atoms with Crippen molar-refractivity contribution in [3.8, 4) is 5.75 Å². The number of hydrogen-bond acceptors (Lipinski definition) is 3. The highest BCUT2D eigenvalue weighted by molar-refractivity contribution is 6.42. The van der Waals surface area contributed by atoms with Crippen molar-refractivity contribution in [2.45, 2.75) is 13.0 Å². The van der Waals surface area contributed by atoms with Crippen molar-refractivity contribution < 1.29 is 4.74 Å². The van der Waals surface area contributed by atoms with Crippen LogP contribution < -0.4 is 16.0 Å². The molecule has 20 heavy (non-hydrogen) atoms. The molecule has 106 valence electrons. The van der Waals surface area contributed by atoms with Gasteiger partial charge < -0.3 is 4.74 Å². The normalized spacial score (nSPS) is 12.2. The fourth-order valence-corrected chi connectivity index (χ4v) is 2.40. The minimum absolute atomic E-state index is 0.181. The smallest absolute Gasteiger partial charge is 0.122 e. The lowest BCUT2D eigenvalue weighted by molar-refractivity contribution is 0.410. The molecule has 0 amide bonds. The Bertz CT molecular complexity index is 617. The van der Waals surface area contributed by atoms with Crippen LogP contribution >= 0.6 is 23.2 Å². The Morgan fingerprint density at radius 3 is 2.30 bits per heavy atom. The molecule has 1 unspecified atom stereocenters. The van der Waals surface area contributed by atoms with Gasteiger partial charge >= 0.3 is 0 Å². The minimum atomic E-state index is -0.181. The zero-order valence-electron chi connectivity index (χ0n) is 11.3. The van der Waals surface area contributed by atoms with Crippen molar-refractivity contribution in [1.29, 1.82) is 0 Å². The number of methoxy groups -OCH3 is 1. The maximum Gasteiger partial charge on any atom is 0.122 e. The summed E-state index contributed by atoms with van der Waals surface area (Å²) in [4.78, 5) is 0. The molecule has 0 heterocycles. The van der Waals surface area contributed by atoms with Crippen molar-refractivity contribution in [3.05, 3.63) is 63.1 Å². The Kier molecular flexibility index (Phi) is 4.89. The third-order valence-electron chi connectivity index (χ3n) is 3.21. The van der Waals surface area contributed by atoms with Gasteiger partial charge in [0.25, 0.3) is 0 Å². The second-order valence-electron chi connectivity index (χ2n) is 4.50. The summed E-state index contributed by atoms with van der Waals surface area (Å²) in [6.45, 7) is 1.99. The van der Waals surface area contributed by atoms with E-state index >= 15 is 0 Å². The summed E-state index contributed by atoms with van der Waals surface area (Å²) in [5.74, 6) is 6.51. The van der Waals surface area contributed by atoms with Crippen LogP contribution in [0.5, 0.6) is 5.75 Å². The van der Waals surface area contributed by atoms with Crippen LogP contribution in [0.1, 0.15) is 22.7 Å². The van der Waals surface area contributed by atoms with Crippen molar-refractivity contribution in [2.75, 3.05) is 7.11 Å². The van der Waals surface area contributed by atoms with Gasteiger partial charge in [0.2, 0.25) is 0 Å². The van der Waals surface area contributed by atoms with Crippen LogP contribution in [0.3, 0.4) is 0 Å². The van der Waals surface area contributed by atoms with Gasteiger partial charge in [-0.2, -0.15) is 0 Å². The number of nitrogens with one attached hydrogen (secondary N) is 1. The van der Waals surface area contributed by atoms with Crippen molar-refractivity contribution >= 4 is 23.2 Å². The van der Waals surface area contributed by atoms with Crippen molar-refractivity contribution in [3.63, 3.8) is 0 Å². The SMILES string of the molecule is COc1cc(C(NN)c2ccc(Cl)c(Cl)c2)ccc1C. The maximum absolute atomic E-state index is 6.06. The molecule has 3 N–H and O–H groups in total. The highest BCUT2D eigenvalue weighted by Crippen LogP contribution is 2.30. The van der Waals surface area contributed by atoms with E-state index in [4.69, 9.17) is 33.8 Å². The van der Waals surface area contributed by atoms with Gasteiger partial charge in [0.15, 0.2) is 0 Å². The van der Waals surface area contributed by atoms with E-state index in [9.17, 15) is 0 Å². The molecule has 2 rings (SSSR count). The van der Waals surface area contributed by atoms with E-state index in [1.54, 1.807) is 19.2 Å². The summed E-state index contributed by atoms with van der Waals surface area (Å²) in [7, 11) is 1.65. The van der Waals surface area contributed by atoms with Gasteiger partial charge in [-0.1, -0.05) is 41.4 Å². The van der Waals surface area contributed by atoms with Gasteiger partial charge in [0.05, 0.1) is 23.2 Å². The molecule has 2 aromatic carbocycles. The first kappa shape index (κ1) is 15.1. The lowest BCUT2D eigenvalue weighted by Gasteiger charge is -2.19. The monoisotopic (exact) mass is 310 g/mol. The predicted molar refractivity (Wildman–Crippen MR) is 83.4 cm³/mol. The van der Waals surface area contributed by atoms with Crippen LogP contribution in [0.2, 0.25) is 10.0 Å². The van der Waals surface area contributed by atoms with Crippen LogP contribution in [0.4, 0.5) is 0 Å². The van der Waals surface area contributed by atoms with Crippen molar-refractivity contribution in [1.82, 2.24) is 5.43 Å². The Labute approximate surface area is 128 Å². The van der Waals surface area contributed by atoms with E-state index in [1.165, 1.54) is 0 Å². The van der Waals surface area contributed by atoms with E-state index in [0.717, 1.165) is 22.4 Å². The first-order valence-electron chi connectivity index (χ1n) is 6.12. The quantitative estimate of drug-likeness (QED) is 0.666. The van der Waals surface area contributed by atoms with E-state index in [1.807, 2.05) is 31.2 Å². The third kappa shape index (κ3) is 3.07. The Hall–Kier alpha value is -1.26. The summed E-state index contributed by atoms with van der Waals surface area (Å²) < 4.78 is 5.34.